The Morgan fingerprint density at radius 2 is 1.83 bits per heavy atom. The SMILES string of the molecule is Cc1cccc(CC(=O)NCCSc2c(-c3ccc(F)cc3)[nH]c3ccccc23)c1. The van der Waals surface area contributed by atoms with E-state index in [0.29, 0.717) is 13.0 Å². The van der Waals surface area contributed by atoms with Crippen molar-refractivity contribution in [1.82, 2.24) is 10.3 Å². The number of hydrogen-bond donors (Lipinski definition) is 2. The lowest BCUT2D eigenvalue weighted by atomic mass is 10.1. The molecule has 0 spiro atoms. The number of hydrogen-bond acceptors (Lipinski definition) is 2. The van der Waals surface area contributed by atoms with Crippen LogP contribution in [0.4, 0.5) is 4.39 Å². The number of aryl methyl sites for hydroxylation is 1. The van der Waals surface area contributed by atoms with Gasteiger partial charge in [0.15, 0.2) is 0 Å². The van der Waals surface area contributed by atoms with Crippen LogP contribution < -0.4 is 5.32 Å². The number of nitrogens with one attached hydrogen (secondary N) is 2. The Bertz CT molecular complexity index is 1170. The molecule has 30 heavy (non-hydrogen) atoms. The van der Waals surface area contributed by atoms with Crippen LogP contribution >= 0.6 is 11.8 Å². The number of aromatic amines is 1. The van der Waals surface area contributed by atoms with E-state index in [9.17, 15) is 9.18 Å². The van der Waals surface area contributed by atoms with Gasteiger partial charge in [0.05, 0.1) is 12.1 Å². The summed E-state index contributed by atoms with van der Waals surface area (Å²) in [4.78, 5) is 16.8. The average Bonchev–Trinajstić information content (AvgIpc) is 3.10. The van der Waals surface area contributed by atoms with Gasteiger partial charge in [-0.05, 0) is 48.4 Å². The molecule has 5 heteroatoms. The summed E-state index contributed by atoms with van der Waals surface area (Å²) in [6, 6.07) is 22.7. The Hall–Kier alpha value is -3.05. The molecule has 0 saturated heterocycles. The summed E-state index contributed by atoms with van der Waals surface area (Å²) in [6.45, 7) is 2.61. The topological polar surface area (TPSA) is 44.9 Å². The molecule has 0 atom stereocenters. The van der Waals surface area contributed by atoms with E-state index in [-0.39, 0.29) is 11.7 Å². The first-order chi connectivity index (χ1) is 14.6. The molecule has 0 radical (unpaired) electrons. The van der Waals surface area contributed by atoms with Crippen molar-refractivity contribution in [2.45, 2.75) is 18.2 Å². The van der Waals surface area contributed by atoms with Crippen molar-refractivity contribution >= 4 is 28.6 Å². The molecule has 2 N–H and O–H groups in total. The van der Waals surface area contributed by atoms with Crippen molar-refractivity contribution in [1.29, 1.82) is 0 Å². The molecule has 0 aliphatic heterocycles. The third-order valence-electron chi connectivity index (χ3n) is 4.91. The Kier molecular flexibility index (Phi) is 6.19. The van der Waals surface area contributed by atoms with E-state index in [1.54, 1.807) is 23.9 Å². The zero-order chi connectivity index (χ0) is 20.9. The molecule has 1 heterocycles. The Labute approximate surface area is 179 Å². The standard InChI is InChI=1S/C25H23FN2OS/c1-17-5-4-6-18(15-17)16-23(29)27-13-14-30-25-21-7-2-3-8-22(21)28-24(25)19-9-11-20(26)12-10-19/h2-12,15,28H,13-14,16H2,1H3,(H,27,29). The highest BCUT2D eigenvalue weighted by molar-refractivity contribution is 7.99. The Balaban J connectivity index is 1.43. The van der Waals surface area contributed by atoms with Gasteiger partial charge in [-0.3, -0.25) is 4.79 Å². The summed E-state index contributed by atoms with van der Waals surface area (Å²) in [5.74, 6) is 0.523. The maximum atomic E-state index is 13.4. The molecule has 1 aromatic heterocycles. The van der Waals surface area contributed by atoms with Crippen molar-refractivity contribution in [3.8, 4) is 11.3 Å². The first kappa shape index (κ1) is 20.2. The minimum absolute atomic E-state index is 0.0267. The predicted octanol–water partition coefficient (Wildman–Crippen LogP) is 5.73. The van der Waals surface area contributed by atoms with Gasteiger partial charge in [-0.2, -0.15) is 0 Å². The summed E-state index contributed by atoms with van der Waals surface area (Å²) in [7, 11) is 0. The number of halogens is 1. The maximum Gasteiger partial charge on any atom is 0.224 e. The molecule has 4 aromatic rings. The molecule has 0 aliphatic carbocycles. The smallest absolute Gasteiger partial charge is 0.224 e. The van der Waals surface area contributed by atoms with Gasteiger partial charge in [0.2, 0.25) is 5.91 Å². The fourth-order valence-electron chi connectivity index (χ4n) is 3.50. The van der Waals surface area contributed by atoms with Crippen LogP contribution in [0.15, 0.2) is 77.7 Å². The van der Waals surface area contributed by atoms with Gasteiger partial charge in [-0.1, -0.05) is 48.0 Å². The molecule has 152 valence electrons. The van der Waals surface area contributed by atoms with Crippen molar-refractivity contribution in [2.24, 2.45) is 0 Å². The number of thioether (sulfide) groups is 1. The number of fused-ring (bicyclic) bond motifs is 1. The minimum Gasteiger partial charge on any atom is -0.355 e. The second-order valence-corrected chi connectivity index (χ2v) is 8.35. The Morgan fingerprint density at radius 1 is 1.03 bits per heavy atom. The Morgan fingerprint density at radius 3 is 2.63 bits per heavy atom. The van der Waals surface area contributed by atoms with E-state index in [1.807, 2.05) is 49.4 Å². The van der Waals surface area contributed by atoms with Gasteiger partial charge < -0.3 is 10.3 Å². The lowest BCUT2D eigenvalue weighted by Gasteiger charge is -2.08. The number of rotatable bonds is 7. The monoisotopic (exact) mass is 418 g/mol. The van der Waals surface area contributed by atoms with Crippen LogP contribution in [-0.2, 0) is 11.2 Å². The number of carbonyl (C=O) groups is 1. The number of para-hydroxylation sites is 1. The zero-order valence-electron chi connectivity index (χ0n) is 16.7. The third-order valence-corrected chi connectivity index (χ3v) is 6.03. The molecule has 1 amide bonds. The second-order valence-electron chi connectivity index (χ2n) is 7.25. The summed E-state index contributed by atoms with van der Waals surface area (Å²) in [5.41, 5.74) is 5.15. The summed E-state index contributed by atoms with van der Waals surface area (Å²) in [6.07, 6.45) is 0.389. The van der Waals surface area contributed by atoms with Crippen LogP contribution in [0.2, 0.25) is 0 Å². The largest absolute Gasteiger partial charge is 0.355 e. The summed E-state index contributed by atoms with van der Waals surface area (Å²) in [5, 5.41) is 4.14. The first-order valence-electron chi connectivity index (χ1n) is 9.92. The van der Waals surface area contributed by atoms with Crippen molar-refractivity contribution in [3.63, 3.8) is 0 Å². The molecular weight excluding hydrogens is 395 g/mol. The van der Waals surface area contributed by atoms with Crippen LogP contribution in [-0.4, -0.2) is 23.2 Å². The first-order valence-corrected chi connectivity index (χ1v) is 10.9. The highest BCUT2D eigenvalue weighted by Crippen LogP contribution is 2.37. The van der Waals surface area contributed by atoms with Gasteiger partial charge in [0.1, 0.15) is 5.82 Å². The molecule has 0 saturated carbocycles. The maximum absolute atomic E-state index is 13.4. The van der Waals surface area contributed by atoms with Crippen LogP contribution in [0, 0.1) is 12.7 Å². The van der Waals surface area contributed by atoms with E-state index >= 15 is 0 Å². The molecule has 0 unspecified atom stereocenters. The summed E-state index contributed by atoms with van der Waals surface area (Å²) >= 11 is 1.69. The average molecular weight is 419 g/mol. The minimum atomic E-state index is -0.250. The van der Waals surface area contributed by atoms with Crippen LogP contribution in [0.25, 0.3) is 22.2 Å². The quantitative estimate of drug-likeness (QED) is 0.297. The van der Waals surface area contributed by atoms with Crippen molar-refractivity contribution in [2.75, 3.05) is 12.3 Å². The second kappa shape index (κ2) is 9.18. The molecule has 3 nitrogen and oxygen atoms in total. The highest BCUT2D eigenvalue weighted by atomic mass is 32.2. The third kappa shape index (κ3) is 4.74. The van der Waals surface area contributed by atoms with Crippen LogP contribution in [0.3, 0.4) is 0 Å². The van der Waals surface area contributed by atoms with E-state index in [2.05, 4.69) is 16.4 Å². The predicted molar refractivity (Wildman–Crippen MR) is 122 cm³/mol. The van der Waals surface area contributed by atoms with Gasteiger partial charge in [-0.25, -0.2) is 4.39 Å². The van der Waals surface area contributed by atoms with Crippen molar-refractivity contribution < 1.29 is 9.18 Å². The lowest BCUT2D eigenvalue weighted by Crippen LogP contribution is -2.27. The molecule has 0 bridgehead atoms. The van der Waals surface area contributed by atoms with E-state index < -0.39 is 0 Å². The van der Waals surface area contributed by atoms with E-state index in [0.717, 1.165) is 43.9 Å². The van der Waals surface area contributed by atoms with Gasteiger partial charge in [0, 0.05) is 28.1 Å². The van der Waals surface area contributed by atoms with Crippen LogP contribution in [0.5, 0.6) is 0 Å². The highest BCUT2D eigenvalue weighted by Gasteiger charge is 2.14. The molecule has 0 aliphatic rings. The van der Waals surface area contributed by atoms with Gasteiger partial charge in [-0.15, -0.1) is 11.8 Å². The molecule has 4 rings (SSSR count). The van der Waals surface area contributed by atoms with Gasteiger partial charge in [0.25, 0.3) is 0 Å². The lowest BCUT2D eigenvalue weighted by molar-refractivity contribution is -0.120. The van der Waals surface area contributed by atoms with Crippen molar-refractivity contribution in [3.05, 3.63) is 89.7 Å². The normalized spacial score (nSPS) is 11.0. The summed E-state index contributed by atoms with van der Waals surface area (Å²) < 4.78 is 13.4. The zero-order valence-corrected chi connectivity index (χ0v) is 17.6. The molecule has 0 fully saturated rings. The number of amides is 1. The van der Waals surface area contributed by atoms with Gasteiger partial charge >= 0.3 is 0 Å². The molecule has 3 aromatic carbocycles. The van der Waals surface area contributed by atoms with Crippen LogP contribution in [0.1, 0.15) is 11.1 Å². The number of aromatic nitrogens is 1. The number of carbonyl (C=O) groups excluding carboxylic acids is 1. The fourth-order valence-corrected chi connectivity index (χ4v) is 4.55. The number of benzene rings is 3. The fraction of sp³-hybridized carbons (Fsp3) is 0.160. The number of H-pyrrole nitrogens is 1. The van der Waals surface area contributed by atoms with E-state index in [4.69, 9.17) is 0 Å². The molecular formula is C25H23FN2OS. The van der Waals surface area contributed by atoms with E-state index in [1.165, 1.54) is 12.1 Å².